The van der Waals surface area contributed by atoms with Crippen LogP contribution in [0.3, 0.4) is 0 Å². The summed E-state index contributed by atoms with van der Waals surface area (Å²) in [5.74, 6) is -0.453. The second-order valence-electron chi connectivity index (χ2n) is 8.71. The van der Waals surface area contributed by atoms with Gasteiger partial charge < -0.3 is 19.9 Å². The number of carbonyl (C=O) groups is 2. The number of aliphatic carboxylic acids is 1. The van der Waals surface area contributed by atoms with Gasteiger partial charge in [0, 0.05) is 42.1 Å². The fraction of sp³-hybridized carbons (Fsp3) is 0.565. The number of H-pyrrole nitrogens is 1. The van der Waals surface area contributed by atoms with E-state index >= 15 is 0 Å². The third kappa shape index (κ3) is 4.47. The molecular weight excluding hydrogens is 366 g/mol. The van der Waals surface area contributed by atoms with Crippen LogP contribution < -0.4 is 0 Å². The molecule has 1 aliphatic heterocycles. The number of carbonyl (C=O) groups excluding carboxylic acids is 1. The standard InChI is InChI=1S/C23H33N3O3/c1-14-6-7-15(2)23-22(14)18(16(3)24-23)12-20(27)26-11-10-19(25(4)5)17(13-26)8-9-21(28)29/h6-7,17,19,24H,8-13H2,1-5H3,(H,28,29)/t17-,19+/m0/s1. The molecule has 1 amide bonds. The van der Waals surface area contributed by atoms with E-state index in [0.717, 1.165) is 29.7 Å². The summed E-state index contributed by atoms with van der Waals surface area (Å²) in [4.78, 5) is 31.8. The first-order chi connectivity index (χ1) is 13.7. The number of hydrogen-bond acceptors (Lipinski definition) is 3. The van der Waals surface area contributed by atoms with Crippen molar-refractivity contribution < 1.29 is 14.7 Å². The lowest BCUT2D eigenvalue weighted by molar-refractivity contribution is -0.137. The Morgan fingerprint density at radius 2 is 1.90 bits per heavy atom. The number of carboxylic acid groups (broad SMARTS) is 1. The van der Waals surface area contributed by atoms with E-state index in [4.69, 9.17) is 5.11 Å². The van der Waals surface area contributed by atoms with Crippen LogP contribution in [0.1, 0.15) is 41.6 Å². The van der Waals surface area contributed by atoms with Crippen molar-refractivity contribution in [1.29, 1.82) is 0 Å². The highest BCUT2D eigenvalue weighted by Crippen LogP contribution is 2.30. The van der Waals surface area contributed by atoms with Crippen LogP contribution in [0, 0.1) is 26.7 Å². The summed E-state index contributed by atoms with van der Waals surface area (Å²) in [6.07, 6.45) is 2.02. The number of likely N-dealkylation sites (tertiary alicyclic amines) is 1. The van der Waals surface area contributed by atoms with Gasteiger partial charge in [-0.3, -0.25) is 9.59 Å². The number of aromatic nitrogens is 1. The van der Waals surface area contributed by atoms with Crippen molar-refractivity contribution >= 4 is 22.8 Å². The molecule has 2 N–H and O–H groups in total. The molecule has 2 atom stereocenters. The Balaban J connectivity index is 1.79. The first kappa shape index (κ1) is 21.4. The first-order valence-electron chi connectivity index (χ1n) is 10.4. The zero-order valence-corrected chi connectivity index (χ0v) is 18.2. The van der Waals surface area contributed by atoms with E-state index in [2.05, 4.69) is 35.9 Å². The smallest absolute Gasteiger partial charge is 0.303 e. The van der Waals surface area contributed by atoms with Gasteiger partial charge in [0.25, 0.3) is 0 Å². The highest BCUT2D eigenvalue weighted by molar-refractivity contribution is 5.93. The highest BCUT2D eigenvalue weighted by atomic mass is 16.4. The van der Waals surface area contributed by atoms with E-state index in [1.807, 2.05) is 25.9 Å². The quantitative estimate of drug-likeness (QED) is 0.782. The second-order valence-corrected chi connectivity index (χ2v) is 8.71. The van der Waals surface area contributed by atoms with Crippen LogP contribution in [0.2, 0.25) is 0 Å². The maximum absolute atomic E-state index is 13.2. The zero-order chi connectivity index (χ0) is 21.3. The summed E-state index contributed by atoms with van der Waals surface area (Å²) >= 11 is 0. The molecule has 1 aromatic heterocycles. The molecule has 1 fully saturated rings. The average Bonchev–Trinajstić information content (AvgIpc) is 3.00. The Bertz CT molecular complexity index is 916. The number of hydrogen-bond donors (Lipinski definition) is 2. The van der Waals surface area contributed by atoms with Gasteiger partial charge in [-0.25, -0.2) is 0 Å². The largest absolute Gasteiger partial charge is 0.481 e. The van der Waals surface area contributed by atoms with Gasteiger partial charge in [-0.1, -0.05) is 12.1 Å². The summed E-state index contributed by atoms with van der Waals surface area (Å²) in [6, 6.07) is 4.54. The lowest BCUT2D eigenvalue weighted by atomic mass is 9.87. The predicted octanol–water partition coefficient (Wildman–Crippen LogP) is 3.28. The number of rotatable bonds is 6. The number of piperidine rings is 1. The minimum atomic E-state index is -0.772. The zero-order valence-electron chi connectivity index (χ0n) is 18.2. The van der Waals surface area contributed by atoms with Crippen LogP contribution in [0.25, 0.3) is 10.9 Å². The molecule has 2 aromatic rings. The summed E-state index contributed by atoms with van der Waals surface area (Å²) in [6.45, 7) is 7.57. The molecule has 0 unspecified atom stereocenters. The van der Waals surface area contributed by atoms with Crippen molar-refractivity contribution in [3.63, 3.8) is 0 Å². The Morgan fingerprint density at radius 1 is 1.21 bits per heavy atom. The highest BCUT2D eigenvalue weighted by Gasteiger charge is 2.33. The molecule has 0 bridgehead atoms. The monoisotopic (exact) mass is 399 g/mol. The third-order valence-electron chi connectivity index (χ3n) is 6.46. The van der Waals surface area contributed by atoms with Crippen LogP contribution in [0.4, 0.5) is 0 Å². The molecule has 29 heavy (non-hydrogen) atoms. The Hall–Kier alpha value is -2.34. The molecule has 3 rings (SSSR count). The first-order valence-corrected chi connectivity index (χ1v) is 10.4. The number of benzene rings is 1. The van der Waals surface area contributed by atoms with Crippen molar-refractivity contribution in [1.82, 2.24) is 14.8 Å². The normalized spacial score (nSPS) is 19.9. The van der Waals surface area contributed by atoms with E-state index in [1.165, 1.54) is 16.5 Å². The van der Waals surface area contributed by atoms with E-state index in [1.54, 1.807) is 0 Å². The average molecular weight is 400 g/mol. The van der Waals surface area contributed by atoms with Gasteiger partial charge in [0.1, 0.15) is 0 Å². The molecule has 0 radical (unpaired) electrons. The van der Waals surface area contributed by atoms with Gasteiger partial charge in [-0.05, 0) is 70.3 Å². The fourth-order valence-corrected chi connectivity index (χ4v) is 4.81. The summed E-state index contributed by atoms with van der Waals surface area (Å²) < 4.78 is 0. The summed E-state index contributed by atoms with van der Waals surface area (Å²) in [5.41, 5.74) is 5.63. The van der Waals surface area contributed by atoms with Gasteiger partial charge >= 0.3 is 5.97 Å². The van der Waals surface area contributed by atoms with Crippen molar-refractivity contribution in [3.05, 3.63) is 34.5 Å². The molecular formula is C23H33N3O3. The number of aromatic amines is 1. The second kappa shape index (κ2) is 8.57. The number of amides is 1. The van der Waals surface area contributed by atoms with E-state index in [0.29, 0.717) is 25.4 Å². The lowest BCUT2D eigenvalue weighted by Crippen LogP contribution is -2.51. The topological polar surface area (TPSA) is 76.6 Å². The molecule has 0 aliphatic carbocycles. The molecule has 0 spiro atoms. The van der Waals surface area contributed by atoms with Crippen molar-refractivity contribution in [2.45, 2.75) is 52.5 Å². The SMILES string of the molecule is Cc1[nH]c2c(C)ccc(C)c2c1CC(=O)N1CC[C@@H](N(C)C)[C@@H](CCC(=O)O)C1. The lowest BCUT2D eigenvalue weighted by Gasteiger charge is -2.41. The predicted molar refractivity (Wildman–Crippen MR) is 115 cm³/mol. The number of nitrogens with zero attached hydrogens (tertiary/aromatic N) is 2. The van der Waals surface area contributed by atoms with Crippen LogP contribution in [-0.4, -0.2) is 65.0 Å². The van der Waals surface area contributed by atoms with Gasteiger partial charge in [0.2, 0.25) is 5.91 Å². The van der Waals surface area contributed by atoms with Crippen molar-refractivity contribution in [2.24, 2.45) is 5.92 Å². The molecule has 6 nitrogen and oxygen atoms in total. The fourth-order valence-electron chi connectivity index (χ4n) is 4.81. The maximum Gasteiger partial charge on any atom is 0.303 e. The van der Waals surface area contributed by atoms with Crippen molar-refractivity contribution in [2.75, 3.05) is 27.2 Å². The number of aryl methyl sites for hydroxylation is 3. The Morgan fingerprint density at radius 3 is 2.55 bits per heavy atom. The van der Waals surface area contributed by atoms with Gasteiger partial charge in [0.15, 0.2) is 0 Å². The van der Waals surface area contributed by atoms with E-state index < -0.39 is 5.97 Å². The molecule has 1 saturated heterocycles. The van der Waals surface area contributed by atoms with Crippen LogP contribution in [0.5, 0.6) is 0 Å². The Labute approximate surface area is 172 Å². The van der Waals surface area contributed by atoms with Crippen molar-refractivity contribution in [3.8, 4) is 0 Å². The molecule has 158 valence electrons. The third-order valence-corrected chi connectivity index (χ3v) is 6.46. The molecule has 2 heterocycles. The Kier molecular flexibility index (Phi) is 6.32. The number of nitrogens with one attached hydrogen (secondary N) is 1. The van der Waals surface area contributed by atoms with Gasteiger partial charge in [-0.2, -0.15) is 0 Å². The molecule has 6 heteroatoms. The van der Waals surface area contributed by atoms with Crippen LogP contribution in [-0.2, 0) is 16.0 Å². The summed E-state index contributed by atoms with van der Waals surface area (Å²) in [7, 11) is 4.08. The molecule has 1 aromatic carbocycles. The molecule has 1 aliphatic rings. The number of fused-ring (bicyclic) bond motifs is 1. The number of carboxylic acids is 1. The van der Waals surface area contributed by atoms with Gasteiger partial charge in [0.05, 0.1) is 6.42 Å². The minimum Gasteiger partial charge on any atom is -0.481 e. The maximum atomic E-state index is 13.2. The molecule has 0 saturated carbocycles. The summed E-state index contributed by atoms with van der Waals surface area (Å²) in [5, 5.41) is 10.3. The minimum absolute atomic E-state index is 0.132. The van der Waals surface area contributed by atoms with E-state index in [9.17, 15) is 9.59 Å². The van der Waals surface area contributed by atoms with E-state index in [-0.39, 0.29) is 18.2 Å². The van der Waals surface area contributed by atoms with Gasteiger partial charge in [-0.15, -0.1) is 0 Å². The van der Waals surface area contributed by atoms with Crippen LogP contribution in [0.15, 0.2) is 12.1 Å². The van der Waals surface area contributed by atoms with Crippen LogP contribution >= 0.6 is 0 Å².